The highest BCUT2D eigenvalue weighted by atomic mass is 35.5. The minimum atomic E-state index is -0.816. The molecule has 2 aromatic rings. The van der Waals surface area contributed by atoms with Crippen LogP contribution < -0.4 is 5.73 Å². The fourth-order valence-corrected chi connectivity index (χ4v) is 6.75. The van der Waals surface area contributed by atoms with Gasteiger partial charge in [0.15, 0.2) is 0 Å². The average Bonchev–Trinajstić information content (AvgIpc) is 3.27. The third-order valence-corrected chi connectivity index (χ3v) is 9.11. The average molecular weight is 555 g/mol. The van der Waals surface area contributed by atoms with E-state index in [1.165, 1.54) is 5.56 Å². The highest BCUT2D eigenvalue weighted by Gasteiger charge is 2.46. The SMILES string of the molecule is N#CC[C@H](C(=O)N1CCc2c(ccc(Cl)c2Cl)C1)N1CCC(CCc2ccccc2)N2C[C@H](N)C[C@H]2C1=O. The Morgan fingerprint density at radius 2 is 1.95 bits per heavy atom. The summed E-state index contributed by atoms with van der Waals surface area (Å²) < 4.78 is 0. The molecule has 2 N–H and O–H groups in total. The van der Waals surface area contributed by atoms with Crippen molar-refractivity contribution in [2.75, 3.05) is 19.6 Å². The van der Waals surface area contributed by atoms with E-state index in [9.17, 15) is 14.9 Å². The summed E-state index contributed by atoms with van der Waals surface area (Å²) in [4.78, 5) is 33.4. The molecular formula is C29H33Cl2N5O2. The van der Waals surface area contributed by atoms with Crippen molar-refractivity contribution < 1.29 is 9.59 Å². The molecule has 2 amide bonds. The molecule has 2 fully saturated rings. The largest absolute Gasteiger partial charge is 0.336 e. The van der Waals surface area contributed by atoms with Gasteiger partial charge in [0.1, 0.15) is 6.04 Å². The van der Waals surface area contributed by atoms with Gasteiger partial charge in [0.2, 0.25) is 11.8 Å². The number of aryl methyl sites for hydroxylation is 1. The van der Waals surface area contributed by atoms with Crippen LogP contribution in [0.2, 0.25) is 10.0 Å². The zero-order valence-corrected chi connectivity index (χ0v) is 22.9. The molecule has 2 saturated heterocycles. The van der Waals surface area contributed by atoms with Crippen molar-refractivity contribution in [1.82, 2.24) is 14.7 Å². The van der Waals surface area contributed by atoms with Crippen molar-refractivity contribution in [2.24, 2.45) is 5.73 Å². The maximum Gasteiger partial charge on any atom is 0.246 e. The number of nitrogens with zero attached hydrogens (tertiary/aromatic N) is 4. The van der Waals surface area contributed by atoms with E-state index in [-0.39, 0.29) is 36.4 Å². The number of nitriles is 1. The number of hydrogen-bond donors (Lipinski definition) is 1. The summed E-state index contributed by atoms with van der Waals surface area (Å²) in [7, 11) is 0. The number of benzene rings is 2. The molecule has 3 heterocycles. The molecular weight excluding hydrogens is 521 g/mol. The van der Waals surface area contributed by atoms with Crippen molar-refractivity contribution in [2.45, 2.75) is 69.2 Å². The van der Waals surface area contributed by atoms with Crippen LogP contribution in [0.1, 0.15) is 42.4 Å². The van der Waals surface area contributed by atoms with Crippen LogP contribution in [0.25, 0.3) is 0 Å². The fourth-order valence-electron chi connectivity index (χ4n) is 6.29. The second-order valence-electron chi connectivity index (χ2n) is 10.6. The van der Waals surface area contributed by atoms with E-state index in [0.717, 1.165) is 30.4 Å². The Hall–Kier alpha value is -2.63. The third-order valence-electron chi connectivity index (χ3n) is 8.26. The Labute approximate surface area is 234 Å². The molecule has 0 aliphatic carbocycles. The number of carbonyl (C=O) groups excluding carboxylic acids is 2. The molecule has 4 atom stereocenters. The van der Waals surface area contributed by atoms with Crippen LogP contribution in [0.3, 0.4) is 0 Å². The van der Waals surface area contributed by atoms with Gasteiger partial charge >= 0.3 is 0 Å². The molecule has 3 aliphatic rings. The molecule has 38 heavy (non-hydrogen) atoms. The van der Waals surface area contributed by atoms with E-state index in [0.29, 0.717) is 49.1 Å². The lowest BCUT2D eigenvalue weighted by Crippen LogP contribution is -2.54. The monoisotopic (exact) mass is 553 g/mol. The Morgan fingerprint density at radius 3 is 2.71 bits per heavy atom. The highest BCUT2D eigenvalue weighted by Crippen LogP contribution is 2.34. The van der Waals surface area contributed by atoms with Gasteiger partial charge in [0.25, 0.3) is 0 Å². The van der Waals surface area contributed by atoms with E-state index < -0.39 is 6.04 Å². The maximum atomic E-state index is 13.9. The van der Waals surface area contributed by atoms with Crippen molar-refractivity contribution in [3.05, 3.63) is 69.2 Å². The molecule has 2 aromatic carbocycles. The minimum Gasteiger partial charge on any atom is -0.336 e. The first-order chi connectivity index (χ1) is 18.4. The summed E-state index contributed by atoms with van der Waals surface area (Å²) >= 11 is 12.6. The summed E-state index contributed by atoms with van der Waals surface area (Å²) in [6.07, 6.45) is 3.69. The van der Waals surface area contributed by atoms with Crippen LogP contribution in [0.5, 0.6) is 0 Å². The number of halogens is 2. The molecule has 0 saturated carbocycles. The predicted octanol–water partition coefficient (Wildman–Crippen LogP) is 3.80. The van der Waals surface area contributed by atoms with Gasteiger partial charge in [-0.25, -0.2) is 0 Å². The van der Waals surface area contributed by atoms with Crippen LogP contribution in [-0.2, 0) is 29.0 Å². The van der Waals surface area contributed by atoms with Crippen molar-refractivity contribution in [3.8, 4) is 6.07 Å². The minimum absolute atomic E-state index is 0.0389. The van der Waals surface area contributed by atoms with E-state index in [2.05, 4.69) is 23.1 Å². The molecule has 0 spiro atoms. The van der Waals surface area contributed by atoms with Crippen LogP contribution >= 0.6 is 23.2 Å². The van der Waals surface area contributed by atoms with Gasteiger partial charge in [0, 0.05) is 38.3 Å². The van der Waals surface area contributed by atoms with Gasteiger partial charge in [-0.2, -0.15) is 5.26 Å². The second kappa shape index (κ2) is 11.6. The first-order valence-electron chi connectivity index (χ1n) is 13.3. The summed E-state index contributed by atoms with van der Waals surface area (Å²) in [5.41, 5.74) is 9.52. The topological polar surface area (TPSA) is 93.7 Å². The zero-order chi connectivity index (χ0) is 26.8. The highest BCUT2D eigenvalue weighted by molar-refractivity contribution is 6.42. The lowest BCUT2D eigenvalue weighted by Gasteiger charge is -2.36. The number of nitrogens with two attached hydrogens (primary N) is 1. The maximum absolute atomic E-state index is 13.9. The van der Waals surface area contributed by atoms with Crippen LogP contribution in [0, 0.1) is 11.3 Å². The molecule has 9 heteroatoms. The van der Waals surface area contributed by atoms with Crippen LogP contribution in [0.15, 0.2) is 42.5 Å². The Kier molecular flexibility index (Phi) is 8.25. The predicted molar refractivity (Wildman–Crippen MR) is 148 cm³/mol. The smallest absolute Gasteiger partial charge is 0.246 e. The van der Waals surface area contributed by atoms with Crippen molar-refractivity contribution in [1.29, 1.82) is 5.26 Å². The normalized spacial score (nSPS) is 24.4. The van der Waals surface area contributed by atoms with E-state index >= 15 is 0 Å². The molecule has 0 aromatic heterocycles. The zero-order valence-electron chi connectivity index (χ0n) is 21.4. The van der Waals surface area contributed by atoms with Gasteiger partial charge < -0.3 is 15.5 Å². The van der Waals surface area contributed by atoms with Gasteiger partial charge in [0.05, 0.1) is 28.6 Å². The van der Waals surface area contributed by atoms with Crippen LogP contribution in [-0.4, -0.2) is 70.3 Å². The Morgan fingerprint density at radius 1 is 1.16 bits per heavy atom. The fraction of sp³-hybridized carbons (Fsp3) is 0.483. The Bertz CT molecular complexity index is 1230. The molecule has 0 radical (unpaired) electrons. The second-order valence-corrected chi connectivity index (χ2v) is 11.4. The summed E-state index contributed by atoms with van der Waals surface area (Å²) in [5, 5.41) is 10.7. The standard InChI is InChI=1S/C29H33Cl2N5O2/c30-24-9-7-20-17-34(14-12-23(20)27(24)31)28(37)25(10-13-32)35-15-11-22(8-6-19-4-2-1-3-5-19)36-18-21(33)16-26(36)29(35)38/h1-5,7,9,21-22,25-26H,6,8,10-12,14-18,33H2/t21-,22?,25-,26+/m1/s1. The number of hydrogen-bond acceptors (Lipinski definition) is 5. The van der Waals surface area contributed by atoms with E-state index in [1.54, 1.807) is 15.9 Å². The third kappa shape index (κ3) is 5.41. The first kappa shape index (κ1) is 27.0. The van der Waals surface area contributed by atoms with Crippen molar-refractivity contribution >= 4 is 35.0 Å². The van der Waals surface area contributed by atoms with E-state index in [4.69, 9.17) is 28.9 Å². The van der Waals surface area contributed by atoms with Gasteiger partial charge in [-0.05, 0) is 54.9 Å². The summed E-state index contributed by atoms with van der Waals surface area (Å²) in [6, 6.07) is 15.1. The lowest BCUT2D eigenvalue weighted by molar-refractivity contribution is -0.147. The molecule has 1 unspecified atom stereocenters. The van der Waals surface area contributed by atoms with Crippen molar-refractivity contribution in [3.63, 3.8) is 0 Å². The number of rotatable bonds is 6. The van der Waals surface area contributed by atoms with Gasteiger partial charge in [-0.15, -0.1) is 0 Å². The number of amides is 2. The molecule has 0 bridgehead atoms. The summed E-state index contributed by atoms with van der Waals surface area (Å²) in [6.45, 7) is 1.97. The quantitative estimate of drug-likeness (QED) is 0.587. The first-order valence-corrected chi connectivity index (χ1v) is 14.1. The molecule has 7 nitrogen and oxygen atoms in total. The number of carbonyl (C=O) groups is 2. The number of fused-ring (bicyclic) bond motifs is 2. The lowest BCUT2D eigenvalue weighted by atomic mass is 9.98. The Balaban J connectivity index is 1.35. The molecule has 5 rings (SSSR count). The molecule has 3 aliphatic heterocycles. The molecule has 200 valence electrons. The van der Waals surface area contributed by atoms with Crippen LogP contribution in [0.4, 0.5) is 0 Å². The summed E-state index contributed by atoms with van der Waals surface area (Å²) in [5.74, 6) is -0.269. The van der Waals surface area contributed by atoms with Gasteiger partial charge in [-0.3, -0.25) is 14.5 Å². The van der Waals surface area contributed by atoms with Gasteiger partial charge in [-0.1, -0.05) is 59.6 Å². The van der Waals surface area contributed by atoms with E-state index in [1.807, 2.05) is 24.3 Å².